The lowest BCUT2D eigenvalue weighted by Gasteiger charge is -2.08. The SMILES string of the molecule is COc1ccc(OCCn2ccc(C)n2)c([N+](=O)[O-])c1. The highest BCUT2D eigenvalue weighted by molar-refractivity contribution is 5.50. The fraction of sp³-hybridized carbons (Fsp3) is 0.308. The molecule has 1 heterocycles. The van der Waals surface area contributed by atoms with E-state index in [1.807, 2.05) is 19.2 Å². The predicted molar refractivity (Wildman–Crippen MR) is 72.1 cm³/mol. The van der Waals surface area contributed by atoms with Gasteiger partial charge in [-0.1, -0.05) is 0 Å². The monoisotopic (exact) mass is 277 g/mol. The second-order valence-corrected chi connectivity index (χ2v) is 4.16. The number of methoxy groups -OCH3 is 1. The lowest BCUT2D eigenvalue weighted by Crippen LogP contribution is -2.09. The molecule has 0 bridgehead atoms. The number of nitro groups is 1. The van der Waals surface area contributed by atoms with Gasteiger partial charge in [-0.15, -0.1) is 0 Å². The summed E-state index contributed by atoms with van der Waals surface area (Å²) in [4.78, 5) is 10.5. The second-order valence-electron chi connectivity index (χ2n) is 4.16. The Kier molecular flexibility index (Phi) is 4.19. The van der Waals surface area contributed by atoms with Crippen molar-refractivity contribution in [3.63, 3.8) is 0 Å². The number of benzene rings is 1. The first kappa shape index (κ1) is 13.9. The van der Waals surface area contributed by atoms with Crippen molar-refractivity contribution in [3.8, 4) is 11.5 Å². The van der Waals surface area contributed by atoms with E-state index in [-0.39, 0.29) is 11.4 Å². The molecule has 0 N–H and O–H groups in total. The molecule has 1 aromatic carbocycles. The van der Waals surface area contributed by atoms with Gasteiger partial charge in [0.1, 0.15) is 12.4 Å². The van der Waals surface area contributed by atoms with Crippen molar-refractivity contribution in [2.75, 3.05) is 13.7 Å². The van der Waals surface area contributed by atoms with Gasteiger partial charge in [-0.05, 0) is 25.1 Å². The molecule has 7 heteroatoms. The molecule has 0 saturated heterocycles. The number of nitrogens with zero attached hydrogens (tertiary/aromatic N) is 3. The maximum atomic E-state index is 11.0. The average molecular weight is 277 g/mol. The van der Waals surface area contributed by atoms with E-state index in [0.717, 1.165) is 5.69 Å². The van der Waals surface area contributed by atoms with Crippen molar-refractivity contribution in [1.82, 2.24) is 9.78 Å². The Morgan fingerprint density at radius 1 is 1.40 bits per heavy atom. The van der Waals surface area contributed by atoms with Crippen molar-refractivity contribution in [2.24, 2.45) is 0 Å². The first-order chi connectivity index (χ1) is 9.60. The van der Waals surface area contributed by atoms with Crippen LogP contribution in [0.1, 0.15) is 5.69 Å². The number of ether oxygens (including phenoxy) is 2. The molecule has 20 heavy (non-hydrogen) atoms. The van der Waals surface area contributed by atoms with E-state index in [0.29, 0.717) is 18.9 Å². The van der Waals surface area contributed by atoms with Crippen LogP contribution in [0, 0.1) is 17.0 Å². The number of aryl methyl sites for hydroxylation is 1. The van der Waals surface area contributed by atoms with Crippen LogP contribution in [0.5, 0.6) is 11.5 Å². The Balaban J connectivity index is 2.03. The van der Waals surface area contributed by atoms with Crippen LogP contribution in [0.3, 0.4) is 0 Å². The highest BCUT2D eigenvalue weighted by Crippen LogP contribution is 2.30. The highest BCUT2D eigenvalue weighted by Gasteiger charge is 2.16. The molecule has 0 atom stereocenters. The summed E-state index contributed by atoms with van der Waals surface area (Å²) in [6.07, 6.45) is 1.83. The molecule has 0 spiro atoms. The van der Waals surface area contributed by atoms with E-state index >= 15 is 0 Å². The van der Waals surface area contributed by atoms with E-state index in [1.165, 1.54) is 19.2 Å². The summed E-state index contributed by atoms with van der Waals surface area (Å²) in [5, 5.41) is 15.2. The molecule has 0 aliphatic heterocycles. The molecule has 0 unspecified atom stereocenters. The Morgan fingerprint density at radius 2 is 2.20 bits per heavy atom. The Morgan fingerprint density at radius 3 is 2.80 bits per heavy atom. The molecule has 0 saturated carbocycles. The highest BCUT2D eigenvalue weighted by atomic mass is 16.6. The molecule has 0 aliphatic rings. The van der Waals surface area contributed by atoms with Crippen molar-refractivity contribution in [3.05, 3.63) is 46.3 Å². The maximum Gasteiger partial charge on any atom is 0.314 e. The number of hydrogen-bond acceptors (Lipinski definition) is 5. The molecule has 0 aliphatic carbocycles. The standard InChI is InChI=1S/C13H15N3O4/c1-10-5-6-15(14-10)7-8-20-13-4-3-11(19-2)9-12(13)16(17)18/h3-6,9H,7-8H2,1-2H3. The fourth-order valence-electron chi connectivity index (χ4n) is 1.73. The number of aromatic nitrogens is 2. The Labute approximate surface area is 115 Å². The minimum Gasteiger partial charge on any atom is -0.496 e. The lowest BCUT2D eigenvalue weighted by molar-refractivity contribution is -0.385. The lowest BCUT2D eigenvalue weighted by atomic mass is 10.3. The van der Waals surface area contributed by atoms with E-state index < -0.39 is 4.92 Å². The van der Waals surface area contributed by atoms with Gasteiger partial charge in [0, 0.05) is 6.20 Å². The third-order valence-corrected chi connectivity index (χ3v) is 2.71. The maximum absolute atomic E-state index is 11.0. The summed E-state index contributed by atoms with van der Waals surface area (Å²) < 4.78 is 12.1. The van der Waals surface area contributed by atoms with Gasteiger partial charge in [-0.25, -0.2) is 0 Å². The van der Waals surface area contributed by atoms with Crippen molar-refractivity contribution in [2.45, 2.75) is 13.5 Å². The molecule has 1 aromatic heterocycles. The summed E-state index contributed by atoms with van der Waals surface area (Å²) >= 11 is 0. The first-order valence-corrected chi connectivity index (χ1v) is 6.05. The molecule has 106 valence electrons. The second kappa shape index (κ2) is 6.05. The van der Waals surface area contributed by atoms with Crippen molar-refractivity contribution >= 4 is 5.69 Å². The number of nitro benzene ring substituents is 1. The van der Waals surface area contributed by atoms with Crippen LogP contribution in [-0.2, 0) is 6.54 Å². The van der Waals surface area contributed by atoms with Gasteiger partial charge < -0.3 is 9.47 Å². The molecule has 7 nitrogen and oxygen atoms in total. The molecular formula is C13H15N3O4. The topological polar surface area (TPSA) is 79.4 Å². The Hall–Kier alpha value is -2.57. The van der Waals surface area contributed by atoms with Crippen LogP contribution in [0.2, 0.25) is 0 Å². The average Bonchev–Trinajstić information content (AvgIpc) is 2.84. The van der Waals surface area contributed by atoms with Gasteiger partial charge in [-0.2, -0.15) is 5.10 Å². The third kappa shape index (κ3) is 3.25. The molecule has 2 rings (SSSR count). The summed E-state index contributed by atoms with van der Waals surface area (Å²) in [6.45, 7) is 2.72. The number of hydrogen-bond donors (Lipinski definition) is 0. The van der Waals surface area contributed by atoms with Crippen LogP contribution >= 0.6 is 0 Å². The van der Waals surface area contributed by atoms with Crippen LogP contribution < -0.4 is 9.47 Å². The van der Waals surface area contributed by atoms with Gasteiger partial charge in [0.25, 0.3) is 0 Å². The van der Waals surface area contributed by atoms with E-state index in [9.17, 15) is 10.1 Å². The normalized spacial score (nSPS) is 10.3. The van der Waals surface area contributed by atoms with Crippen LogP contribution in [-0.4, -0.2) is 28.4 Å². The Bertz CT molecular complexity index is 609. The molecule has 0 fully saturated rings. The summed E-state index contributed by atoms with van der Waals surface area (Å²) in [6, 6.07) is 6.38. The molecule has 2 aromatic rings. The molecular weight excluding hydrogens is 262 g/mol. The molecule has 0 amide bonds. The van der Waals surface area contributed by atoms with Crippen LogP contribution in [0.4, 0.5) is 5.69 Å². The summed E-state index contributed by atoms with van der Waals surface area (Å²) in [5.74, 6) is 0.645. The first-order valence-electron chi connectivity index (χ1n) is 6.05. The zero-order chi connectivity index (χ0) is 14.5. The van der Waals surface area contributed by atoms with Crippen molar-refractivity contribution < 1.29 is 14.4 Å². The molecule has 0 radical (unpaired) electrons. The fourth-order valence-corrected chi connectivity index (χ4v) is 1.73. The van der Waals surface area contributed by atoms with Gasteiger partial charge >= 0.3 is 5.69 Å². The van der Waals surface area contributed by atoms with Gasteiger partial charge in [0.2, 0.25) is 0 Å². The minimum atomic E-state index is -0.490. The van der Waals surface area contributed by atoms with E-state index in [2.05, 4.69) is 5.10 Å². The zero-order valence-electron chi connectivity index (χ0n) is 11.3. The third-order valence-electron chi connectivity index (χ3n) is 2.71. The van der Waals surface area contributed by atoms with Gasteiger partial charge in [0.05, 0.1) is 30.3 Å². The smallest absolute Gasteiger partial charge is 0.314 e. The van der Waals surface area contributed by atoms with Gasteiger partial charge in [-0.3, -0.25) is 14.8 Å². The van der Waals surface area contributed by atoms with Gasteiger partial charge in [0.15, 0.2) is 5.75 Å². The van der Waals surface area contributed by atoms with Crippen LogP contribution in [0.25, 0.3) is 0 Å². The predicted octanol–water partition coefficient (Wildman–Crippen LogP) is 2.19. The quantitative estimate of drug-likeness (QED) is 0.597. The van der Waals surface area contributed by atoms with E-state index in [4.69, 9.17) is 9.47 Å². The van der Waals surface area contributed by atoms with Crippen LogP contribution in [0.15, 0.2) is 30.5 Å². The number of rotatable bonds is 6. The summed E-state index contributed by atoms with van der Waals surface area (Å²) in [5.41, 5.74) is 0.807. The summed E-state index contributed by atoms with van der Waals surface area (Å²) in [7, 11) is 1.46. The minimum absolute atomic E-state index is 0.110. The van der Waals surface area contributed by atoms with Crippen molar-refractivity contribution in [1.29, 1.82) is 0 Å². The van der Waals surface area contributed by atoms with E-state index in [1.54, 1.807) is 10.7 Å². The largest absolute Gasteiger partial charge is 0.496 e. The zero-order valence-corrected chi connectivity index (χ0v) is 11.3.